The first kappa shape index (κ1) is 15.1. The molecule has 0 aromatic heterocycles. The van der Waals surface area contributed by atoms with E-state index in [0.29, 0.717) is 21.2 Å². The molecule has 1 aliphatic heterocycles. The minimum Gasteiger partial charge on any atom is -0.504 e. The number of aromatic hydroxyl groups is 2. The van der Waals surface area contributed by atoms with Crippen LogP contribution in [0.3, 0.4) is 0 Å². The third-order valence-electron chi connectivity index (χ3n) is 3.58. The number of allylic oxidation sites excluding steroid dienone is 1. The lowest BCUT2D eigenvalue weighted by Crippen LogP contribution is -2.05. The van der Waals surface area contributed by atoms with E-state index < -0.39 is 0 Å². The molecule has 6 heteroatoms. The maximum atomic E-state index is 12.3. The molecule has 1 heterocycles. The van der Waals surface area contributed by atoms with E-state index in [0.717, 1.165) is 15.7 Å². The van der Waals surface area contributed by atoms with Crippen molar-refractivity contribution >= 4 is 54.6 Å². The van der Waals surface area contributed by atoms with Crippen LogP contribution >= 0.6 is 31.9 Å². The maximum absolute atomic E-state index is 12.3. The van der Waals surface area contributed by atoms with Crippen molar-refractivity contribution in [3.05, 3.63) is 50.4 Å². The molecule has 0 bridgehead atoms. The average Bonchev–Trinajstić information content (AvgIpc) is 2.78. The van der Waals surface area contributed by atoms with Crippen LogP contribution in [0, 0.1) is 0 Å². The highest BCUT2D eigenvalue weighted by Gasteiger charge is 2.27. The fraction of sp³-hybridized carbons (Fsp3) is 0.0625. The average molecular weight is 425 g/mol. The second-order valence-electron chi connectivity index (χ2n) is 4.97. The monoisotopic (exact) mass is 423 g/mol. The van der Waals surface area contributed by atoms with Crippen LogP contribution in [-0.4, -0.2) is 16.1 Å². The van der Waals surface area contributed by atoms with Gasteiger partial charge in [0.25, 0.3) is 5.91 Å². The number of phenolic OH excluding ortho intramolecular Hbond substituents is 2. The van der Waals surface area contributed by atoms with Crippen molar-refractivity contribution in [3.63, 3.8) is 0 Å². The van der Waals surface area contributed by atoms with E-state index in [2.05, 4.69) is 37.2 Å². The molecule has 1 aliphatic rings. The van der Waals surface area contributed by atoms with E-state index in [4.69, 9.17) is 0 Å². The largest absolute Gasteiger partial charge is 0.504 e. The first-order valence-electron chi connectivity index (χ1n) is 6.42. The minimum atomic E-state index is -0.239. The normalized spacial score (nSPS) is 15.5. The van der Waals surface area contributed by atoms with Gasteiger partial charge in [0.05, 0.1) is 10.0 Å². The fourth-order valence-corrected chi connectivity index (χ4v) is 3.27. The van der Waals surface area contributed by atoms with Crippen LogP contribution in [0.4, 0.5) is 5.69 Å². The summed E-state index contributed by atoms with van der Waals surface area (Å²) in [5.41, 5.74) is 3.48. The molecule has 0 saturated heterocycles. The highest BCUT2D eigenvalue weighted by Crippen LogP contribution is 2.41. The Kier molecular flexibility index (Phi) is 3.74. The summed E-state index contributed by atoms with van der Waals surface area (Å²) in [7, 11) is 0. The lowest BCUT2D eigenvalue weighted by Gasteiger charge is -2.09. The maximum Gasteiger partial charge on any atom is 0.256 e. The second-order valence-corrected chi connectivity index (χ2v) is 6.74. The van der Waals surface area contributed by atoms with Gasteiger partial charge in [-0.25, -0.2) is 0 Å². The summed E-state index contributed by atoms with van der Waals surface area (Å²) in [5.74, 6) is -0.646. The number of rotatable bonds is 1. The standard InChI is InChI=1S/C16H11Br2NO3/c1-7(8-4-11(18)15(21)13(20)5-8)14-10-6-9(17)2-3-12(10)19-16(14)22/h2-6,20-21H,1H3,(H,19,22)/b14-7+. The number of phenols is 2. The van der Waals surface area contributed by atoms with Gasteiger partial charge < -0.3 is 15.5 Å². The fourth-order valence-electron chi connectivity index (χ4n) is 2.46. The Morgan fingerprint density at radius 1 is 1.14 bits per heavy atom. The predicted molar refractivity (Wildman–Crippen MR) is 92.7 cm³/mol. The molecule has 0 aliphatic carbocycles. The third-order valence-corrected chi connectivity index (χ3v) is 4.68. The summed E-state index contributed by atoms with van der Waals surface area (Å²) < 4.78 is 1.25. The van der Waals surface area contributed by atoms with Crippen molar-refractivity contribution < 1.29 is 15.0 Å². The van der Waals surface area contributed by atoms with Crippen molar-refractivity contribution in [2.24, 2.45) is 0 Å². The zero-order valence-corrected chi connectivity index (χ0v) is 14.6. The van der Waals surface area contributed by atoms with Gasteiger partial charge in [-0.3, -0.25) is 4.79 Å². The molecule has 4 nitrogen and oxygen atoms in total. The highest BCUT2D eigenvalue weighted by molar-refractivity contribution is 9.10. The van der Waals surface area contributed by atoms with Crippen molar-refractivity contribution in [3.8, 4) is 11.5 Å². The smallest absolute Gasteiger partial charge is 0.256 e. The van der Waals surface area contributed by atoms with E-state index in [1.165, 1.54) is 6.07 Å². The molecule has 0 fully saturated rings. The van der Waals surface area contributed by atoms with Crippen LogP contribution in [0.15, 0.2) is 39.3 Å². The molecule has 0 atom stereocenters. The summed E-state index contributed by atoms with van der Waals surface area (Å²) in [5, 5.41) is 22.2. The Bertz CT molecular complexity index is 820. The number of carbonyl (C=O) groups is 1. The molecule has 22 heavy (non-hydrogen) atoms. The molecule has 3 N–H and O–H groups in total. The van der Waals surface area contributed by atoms with Crippen LogP contribution < -0.4 is 5.32 Å². The summed E-state index contributed by atoms with van der Waals surface area (Å²) in [6.45, 7) is 1.81. The lowest BCUT2D eigenvalue weighted by molar-refractivity contribution is -0.110. The third kappa shape index (κ3) is 2.42. The summed E-state index contributed by atoms with van der Waals surface area (Å²) >= 11 is 6.60. The number of nitrogens with one attached hydrogen (secondary N) is 1. The zero-order valence-electron chi connectivity index (χ0n) is 11.4. The van der Waals surface area contributed by atoms with Gasteiger partial charge in [-0.05, 0) is 64.3 Å². The quantitative estimate of drug-likeness (QED) is 0.466. The number of anilines is 1. The SMILES string of the molecule is C/C(=C1\C(=O)Nc2ccc(Br)cc21)c1cc(O)c(O)c(Br)c1. The molecular weight excluding hydrogens is 414 g/mol. The van der Waals surface area contributed by atoms with Crippen LogP contribution in [0.2, 0.25) is 0 Å². The number of hydrogen-bond acceptors (Lipinski definition) is 3. The molecule has 2 aromatic rings. The number of hydrogen-bond donors (Lipinski definition) is 3. The van der Waals surface area contributed by atoms with Crippen LogP contribution in [0.1, 0.15) is 18.1 Å². The number of halogens is 2. The number of benzene rings is 2. The van der Waals surface area contributed by atoms with Crippen LogP contribution in [0.5, 0.6) is 11.5 Å². The first-order valence-corrected chi connectivity index (χ1v) is 8.01. The van der Waals surface area contributed by atoms with Gasteiger partial charge in [-0.15, -0.1) is 0 Å². The van der Waals surface area contributed by atoms with Crippen molar-refractivity contribution in [2.75, 3.05) is 5.32 Å². The number of carbonyl (C=O) groups excluding carboxylic acids is 1. The molecule has 3 rings (SSSR count). The van der Waals surface area contributed by atoms with Gasteiger partial charge in [-0.2, -0.15) is 0 Å². The van der Waals surface area contributed by atoms with E-state index in [-0.39, 0.29) is 17.4 Å². The predicted octanol–water partition coefficient (Wildman–Crippen LogP) is 4.51. The van der Waals surface area contributed by atoms with E-state index in [9.17, 15) is 15.0 Å². The van der Waals surface area contributed by atoms with Gasteiger partial charge in [-0.1, -0.05) is 15.9 Å². The number of amides is 1. The lowest BCUT2D eigenvalue weighted by atomic mass is 9.96. The van der Waals surface area contributed by atoms with Crippen LogP contribution in [0.25, 0.3) is 11.1 Å². The molecule has 0 spiro atoms. The Morgan fingerprint density at radius 3 is 2.55 bits per heavy atom. The molecular formula is C16H11Br2NO3. The molecule has 2 aromatic carbocycles. The van der Waals surface area contributed by atoms with Gasteiger partial charge in [0.1, 0.15) is 0 Å². The summed E-state index contributed by atoms with van der Waals surface area (Å²) in [6, 6.07) is 8.68. The molecule has 1 amide bonds. The van der Waals surface area contributed by atoms with Gasteiger partial charge in [0.2, 0.25) is 0 Å². The molecule has 0 unspecified atom stereocenters. The second kappa shape index (κ2) is 5.44. The van der Waals surface area contributed by atoms with E-state index >= 15 is 0 Å². The Balaban J connectivity index is 2.23. The topological polar surface area (TPSA) is 69.6 Å². The van der Waals surface area contributed by atoms with Gasteiger partial charge >= 0.3 is 0 Å². The summed E-state index contributed by atoms with van der Waals surface area (Å²) in [6.07, 6.45) is 0. The van der Waals surface area contributed by atoms with Crippen molar-refractivity contribution in [2.45, 2.75) is 6.92 Å². The first-order chi connectivity index (χ1) is 10.4. The van der Waals surface area contributed by atoms with Crippen molar-refractivity contribution in [1.82, 2.24) is 0 Å². The molecule has 0 saturated carbocycles. The highest BCUT2D eigenvalue weighted by atomic mass is 79.9. The summed E-state index contributed by atoms with van der Waals surface area (Å²) in [4.78, 5) is 12.3. The van der Waals surface area contributed by atoms with Gasteiger partial charge in [0, 0.05) is 15.7 Å². The number of fused-ring (bicyclic) bond motifs is 1. The minimum absolute atomic E-state index is 0.186. The molecule has 0 radical (unpaired) electrons. The Labute approximate surface area is 143 Å². The molecule has 112 valence electrons. The van der Waals surface area contributed by atoms with E-state index in [1.807, 2.05) is 25.1 Å². The van der Waals surface area contributed by atoms with Gasteiger partial charge in [0.15, 0.2) is 11.5 Å². The van der Waals surface area contributed by atoms with E-state index in [1.54, 1.807) is 6.07 Å². The Hall–Kier alpha value is -1.79. The van der Waals surface area contributed by atoms with Crippen LogP contribution in [-0.2, 0) is 4.79 Å². The zero-order chi connectivity index (χ0) is 16.0. The Morgan fingerprint density at radius 2 is 1.86 bits per heavy atom. The van der Waals surface area contributed by atoms with Crippen molar-refractivity contribution in [1.29, 1.82) is 0 Å².